The average Bonchev–Trinajstić information content (AvgIpc) is 3.02. The van der Waals surface area contributed by atoms with Gasteiger partial charge in [-0.2, -0.15) is 5.26 Å². The van der Waals surface area contributed by atoms with Crippen LogP contribution in [-0.4, -0.2) is 28.8 Å². The van der Waals surface area contributed by atoms with Crippen LogP contribution >= 0.6 is 22.9 Å². The number of aromatic nitrogens is 1. The SMILES string of the molecule is CCNC(=O)/C(C#N)=c1\s/c(=C/Nc2cccc(NC(=O)CCl)c2)c(=O)n1CC. The molecule has 29 heavy (non-hydrogen) atoms. The Hall–Kier alpha value is -3.09. The maximum atomic E-state index is 12.7. The van der Waals surface area contributed by atoms with Crippen molar-refractivity contribution in [3.05, 3.63) is 43.8 Å². The fourth-order valence-electron chi connectivity index (χ4n) is 2.47. The lowest BCUT2D eigenvalue weighted by molar-refractivity contribution is -0.115. The van der Waals surface area contributed by atoms with Gasteiger partial charge in [-0.25, -0.2) is 0 Å². The van der Waals surface area contributed by atoms with Crippen molar-refractivity contribution in [3.63, 3.8) is 0 Å². The smallest absolute Gasteiger partial charge is 0.270 e. The molecule has 0 aliphatic carbocycles. The summed E-state index contributed by atoms with van der Waals surface area (Å²) >= 11 is 6.55. The number of hydrogen-bond acceptors (Lipinski definition) is 6. The molecule has 0 saturated heterocycles. The van der Waals surface area contributed by atoms with Crippen LogP contribution in [0.3, 0.4) is 0 Å². The summed E-state index contributed by atoms with van der Waals surface area (Å²) in [5, 5.41) is 17.6. The highest BCUT2D eigenvalue weighted by molar-refractivity contribution is 7.07. The van der Waals surface area contributed by atoms with Gasteiger partial charge < -0.3 is 16.0 Å². The van der Waals surface area contributed by atoms with Crippen molar-refractivity contribution >= 4 is 57.9 Å². The zero-order valence-corrected chi connectivity index (χ0v) is 17.5. The lowest BCUT2D eigenvalue weighted by atomic mass is 10.3. The molecule has 3 N–H and O–H groups in total. The Morgan fingerprint density at radius 2 is 2.03 bits per heavy atom. The molecule has 1 aromatic carbocycles. The molecule has 2 amide bonds. The number of nitriles is 1. The van der Waals surface area contributed by atoms with Crippen LogP contribution in [0.4, 0.5) is 11.4 Å². The molecule has 0 radical (unpaired) electrons. The molecule has 8 nitrogen and oxygen atoms in total. The van der Waals surface area contributed by atoms with E-state index in [4.69, 9.17) is 11.6 Å². The minimum Gasteiger partial charge on any atom is -0.360 e. The second-order valence-electron chi connectivity index (χ2n) is 5.72. The fraction of sp³-hybridized carbons (Fsp3) is 0.263. The molecule has 0 unspecified atom stereocenters. The summed E-state index contributed by atoms with van der Waals surface area (Å²) in [6, 6.07) is 8.80. The minimum atomic E-state index is -0.513. The normalized spacial score (nSPS) is 12.1. The van der Waals surface area contributed by atoms with Crippen molar-refractivity contribution in [2.75, 3.05) is 23.1 Å². The number of rotatable bonds is 7. The molecule has 0 atom stereocenters. The third-order valence-electron chi connectivity index (χ3n) is 3.75. The van der Waals surface area contributed by atoms with Crippen molar-refractivity contribution < 1.29 is 9.59 Å². The van der Waals surface area contributed by atoms with Gasteiger partial charge in [0, 0.05) is 30.7 Å². The van der Waals surface area contributed by atoms with E-state index in [0.29, 0.717) is 33.7 Å². The summed E-state index contributed by atoms with van der Waals surface area (Å²) in [4.78, 5) is 36.2. The predicted octanol–water partition coefficient (Wildman–Crippen LogP) is 0.767. The van der Waals surface area contributed by atoms with Gasteiger partial charge in [-0.3, -0.25) is 19.0 Å². The van der Waals surface area contributed by atoms with E-state index in [2.05, 4.69) is 16.0 Å². The largest absolute Gasteiger partial charge is 0.360 e. The maximum absolute atomic E-state index is 12.7. The minimum absolute atomic E-state index is 0.0961. The molecule has 0 fully saturated rings. The molecule has 0 aliphatic rings. The number of alkyl halides is 1. The number of nitrogens with zero attached hydrogens (tertiary/aromatic N) is 2. The van der Waals surface area contributed by atoms with E-state index in [0.717, 1.165) is 11.3 Å². The Morgan fingerprint density at radius 3 is 2.66 bits per heavy atom. The fourth-order valence-corrected chi connectivity index (χ4v) is 3.62. The van der Waals surface area contributed by atoms with Gasteiger partial charge in [0.25, 0.3) is 11.5 Å². The number of carbonyl (C=O) groups is 2. The van der Waals surface area contributed by atoms with Crippen molar-refractivity contribution in [2.45, 2.75) is 20.4 Å². The van der Waals surface area contributed by atoms with E-state index in [1.165, 1.54) is 10.8 Å². The van der Waals surface area contributed by atoms with Crippen LogP contribution < -0.4 is 30.7 Å². The second-order valence-corrected chi connectivity index (χ2v) is 7.02. The van der Waals surface area contributed by atoms with Gasteiger partial charge in [-0.15, -0.1) is 22.9 Å². The van der Waals surface area contributed by atoms with Crippen LogP contribution in [0.25, 0.3) is 11.8 Å². The topological polar surface area (TPSA) is 116 Å². The van der Waals surface area contributed by atoms with Crippen molar-refractivity contribution in [3.8, 4) is 6.07 Å². The van der Waals surface area contributed by atoms with E-state index >= 15 is 0 Å². The Bertz CT molecular complexity index is 1130. The van der Waals surface area contributed by atoms with E-state index in [9.17, 15) is 19.6 Å². The molecule has 1 aromatic heterocycles. The summed E-state index contributed by atoms with van der Waals surface area (Å²) in [6.45, 7) is 4.22. The number of carbonyl (C=O) groups excluding carboxylic acids is 2. The lowest BCUT2D eigenvalue weighted by Gasteiger charge is -2.05. The molecule has 0 saturated carbocycles. The third kappa shape index (κ3) is 5.47. The third-order valence-corrected chi connectivity index (χ3v) is 5.12. The highest BCUT2D eigenvalue weighted by atomic mass is 35.5. The average molecular weight is 434 g/mol. The summed E-state index contributed by atoms with van der Waals surface area (Å²) < 4.78 is 2.04. The van der Waals surface area contributed by atoms with Crippen LogP contribution in [0.2, 0.25) is 0 Å². The Morgan fingerprint density at radius 1 is 1.31 bits per heavy atom. The first kappa shape index (κ1) is 22.2. The standard InChI is InChI=1S/C19H20ClN5O3S/c1-3-22-17(27)14(10-21)19-25(4-2)18(28)15(29-19)11-23-12-6-5-7-13(8-12)24-16(26)9-20/h5-8,11,23H,3-4,9H2,1-2H3,(H,22,27)(H,24,26)/b15-11+,19-14-. The summed E-state index contributed by atoms with van der Waals surface area (Å²) in [5.74, 6) is -0.992. The van der Waals surface area contributed by atoms with Gasteiger partial charge in [0.1, 0.15) is 21.1 Å². The van der Waals surface area contributed by atoms with Crippen LogP contribution in [0.15, 0.2) is 29.1 Å². The van der Waals surface area contributed by atoms with Crippen molar-refractivity contribution in [2.24, 2.45) is 0 Å². The van der Waals surface area contributed by atoms with Gasteiger partial charge >= 0.3 is 0 Å². The van der Waals surface area contributed by atoms with Gasteiger partial charge in [0.15, 0.2) is 5.57 Å². The number of hydrogen-bond donors (Lipinski definition) is 3. The number of nitrogens with one attached hydrogen (secondary N) is 3. The Kier molecular flexibility index (Phi) is 8.00. The zero-order valence-electron chi connectivity index (χ0n) is 15.9. The van der Waals surface area contributed by atoms with E-state index < -0.39 is 5.91 Å². The van der Waals surface area contributed by atoms with Crippen molar-refractivity contribution in [1.29, 1.82) is 5.26 Å². The molecule has 10 heteroatoms. The van der Waals surface area contributed by atoms with E-state index in [-0.39, 0.29) is 22.9 Å². The van der Waals surface area contributed by atoms with Crippen LogP contribution in [-0.2, 0) is 16.1 Å². The van der Waals surface area contributed by atoms with Gasteiger partial charge in [-0.05, 0) is 32.0 Å². The number of anilines is 2. The van der Waals surface area contributed by atoms with Gasteiger partial charge in [0.2, 0.25) is 5.91 Å². The number of benzene rings is 1. The first-order chi connectivity index (χ1) is 13.9. The lowest BCUT2D eigenvalue weighted by Crippen LogP contribution is -2.34. The molecule has 0 bridgehead atoms. The zero-order chi connectivity index (χ0) is 21.4. The molecule has 0 aliphatic heterocycles. The Labute approximate surface area is 176 Å². The van der Waals surface area contributed by atoms with Gasteiger partial charge in [-0.1, -0.05) is 6.07 Å². The van der Waals surface area contributed by atoms with Crippen LogP contribution in [0, 0.1) is 11.3 Å². The summed E-state index contributed by atoms with van der Waals surface area (Å²) in [6.07, 6.45) is 1.51. The summed E-state index contributed by atoms with van der Waals surface area (Å²) in [5.41, 5.74) is 0.802. The van der Waals surface area contributed by atoms with Crippen LogP contribution in [0.5, 0.6) is 0 Å². The van der Waals surface area contributed by atoms with Gasteiger partial charge in [0.05, 0.1) is 0 Å². The number of thiazole rings is 1. The van der Waals surface area contributed by atoms with Crippen molar-refractivity contribution in [1.82, 2.24) is 9.88 Å². The first-order valence-corrected chi connectivity index (χ1v) is 10.1. The number of halogens is 1. The predicted molar refractivity (Wildman–Crippen MR) is 115 cm³/mol. The summed E-state index contributed by atoms with van der Waals surface area (Å²) in [7, 11) is 0. The molecule has 1 heterocycles. The van der Waals surface area contributed by atoms with Crippen LogP contribution in [0.1, 0.15) is 13.8 Å². The molecule has 2 aromatic rings. The quantitative estimate of drug-likeness (QED) is 0.558. The van der Waals surface area contributed by atoms with E-state index in [1.807, 2.05) is 6.07 Å². The van der Waals surface area contributed by atoms with E-state index in [1.54, 1.807) is 38.1 Å². The second kappa shape index (κ2) is 10.5. The number of amides is 2. The molecule has 0 spiro atoms. The highest BCUT2D eigenvalue weighted by Gasteiger charge is 2.14. The molecule has 2 rings (SSSR count). The molecule has 152 valence electrons. The molecular weight excluding hydrogens is 414 g/mol. The Balaban J connectivity index is 2.46. The monoisotopic (exact) mass is 433 g/mol. The molecular formula is C19H20ClN5O3S. The highest BCUT2D eigenvalue weighted by Crippen LogP contribution is 2.15. The maximum Gasteiger partial charge on any atom is 0.270 e. The first-order valence-electron chi connectivity index (χ1n) is 8.79.